The molecule has 1 saturated heterocycles. The fourth-order valence-corrected chi connectivity index (χ4v) is 8.55. The van der Waals surface area contributed by atoms with Gasteiger partial charge in [-0.25, -0.2) is 16.8 Å². The summed E-state index contributed by atoms with van der Waals surface area (Å²) in [6, 6.07) is 4.88. The molecule has 5 nitrogen and oxygen atoms in total. The highest BCUT2D eigenvalue weighted by Crippen LogP contribution is 2.30. The van der Waals surface area contributed by atoms with Gasteiger partial charge in [0, 0.05) is 12.1 Å². The number of hydrogen-bond acceptors (Lipinski definition) is 5. The molecular formula is C18H27NO4S2. The van der Waals surface area contributed by atoms with Crippen molar-refractivity contribution in [1.82, 2.24) is 5.32 Å². The van der Waals surface area contributed by atoms with E-state index in [1.165, 1.54) is 5.56 Å². The molecule has 1 aliphatic carbocycles. The molecule has 1 heterocycles. The molecule has 3 rings (SSSR count). The fraction of sp³-hybridized carbons (Fsp3) is 0.667. The molecule has 140 valence electrons. The van der Waals surface area contributed by atoms with Gasteiger partial charge in [0.2, 0.25) is 0 Å². The van der Waals surface area contributed by atoms with Crippen molar-refractivity contribution in [3.05, 3.63) is 29.3 Å². The van der Waals surface area contributed by atoms with Crippen LogP contribution in [0, 0.1) is 0 Å². The lowest BCUT2D eigenvalue weighted by molar-refractivity contribution is 0.456. The Hall–Kier alpha value is -0.920. The summed E-state index contributed by atoms with van der Waals surface area (Å²) in [4.78, 5) is 0.270. The van der Waals surface area contributed by atoms with E-state index in [9.17, 15) is 16.8 Å². The third kappa shape index (κ3) is 3.93. The van der Waals surface area contributed by atoms with Crippen molar-refractivity contribution in [1.29, 1.82) is 0 Å². The molecule has 0 saturated carbocycles. The Bertz CT molecular complexity index is 846. The number of rotatable bonds is 5. The SMILES string of the molecule is CCC(C)N[C@H]1CS(=O)(=O)C[C@@H]1S(=O)(=O)c1ccc2c(c1)CCCC2. The van der Waals surface area contributed by atoms with Crippen LogP contribution >= 0.6 is 0 Å². The zero-order valence-corrected chi connectivity index (χ0v) is 16.5. The smallest absolute Gasteiger partial charge is 0.183 e. The number of benzene rings is 1. The maximum absolute atomic E-state index is 13.2. The third-order valence-electron chi connectivity index (χ3n) is 5.46. The first-order valence-electron chi connectivity index (χ1n) is 9.05. The minimum absolute atomic E-state index is 0.0829. The molecule has 3 atom stereocenters. The van der Waals surface area contributed by atoms with Gasteiger partial charge in [0.15, 0.2) is 19.7 Å². The molecule has 0 aromatic heterocycles. The zero-order chi connectivity index (χ0) is 18.2. The Balaban J connectivity index is 1.94. The molecule has 0 bridgehead atoms. The van der Waals surface area contributed by atoms with E-state index in [1.807, 2.05) is 19.9 Å². The molecular weight excluding hydrogens is 358 g/mol. The summed E-state index contributed by atoms with van der Waals surface area (Å²) in [7, 11) is -7.04. The minimum atomic E-state index is -3.69. The summed E-state index contributed by atoms with van der Waals surface area (Å²) < 4.78 is 50.6. The van der Waals surface area contributed by atoms with Gasteiger partial charge in [0.25, 0.3) is 0 Å². The van der Waals surface area contributed by atoms with Crippen LogP contribution in [0.15, 0.2) is 23.1 Å². The average molecular weight is 386 g/mol. The lowest BCUT2D eigenvalue weighted by Crippen LogP contribution is -2.46. The van der Waals surface area contributed by atoms with Crippen LogP contribution in [0.3, 0.4) is 0 Å². The number of aryl methyl sites for hydroxylation is 2. The van der Waals surface area contributed by atoms with Crippen LogP contribution < -0.4 is 5.32 Å². The molecule has 1 unspecified atom stereocenters. The third-order valence-corrected chi connectivity index (χ3v) is 9.61. The van der Waals surface area contributed by atoms with Gasteiger partial charge in [-0.2, -0.15) is 0 Å². The van der Waals surface area contributed by atoms with Crippen molar-refractivity contribution in [3.8, 4) is 0 Å². The number of nitrogens with one attached hydrogen (secondary N) is 1. The Kier molecular flexibility index (Phi) is 5.28. The van der Waals surface area contributed by atoms with Gasteiger partial charge in [0.1, 0.15) is 0 Å². The van der Waals surface area contributed by atoms with Gasteiger partial charge < -0.3 is 5.32 Å². The predicted octanol–water partition coefficient (Wildman–Crippen LogP) is 1.89. The molecule has 25 heavy (non-hydrogen) atoms. The van der Waals surface area contributed by atoms with Gasteiger partial charge in [-0.3, -0.25) is 0 Å². The maximum atomic E-state index is 13.2. The van der Waals surface area contributed by atoms with Crippen molar-refractivity contribution in [2.75, 3.05) is 11.5 Å². The average Bonchev–Trinajstić information content (AvgIpc) is 2.89. The van der Waals surface area contributed by atoms with E-state index in [0.29, 0.717) is 0 Å². The van der Waals surface area contributed by atoms with E-state index < -0.39 is 31.0 Å². The van der Waals surface area contributed by atoms with Gasteiger partial charge in [-0.05, 0) is 62.3 Å². The first kappa shape index (κ1) is 18.9. The standard InChI is InChI=1S/C18H27NO4S2/c1-3-13(2)19-17-11-24(20,21)12-18(17)25(22,23)16-9-8-14-6-4-5-7-15(14)10-16/h8-10,13,17-19H,3-7,11-12H2,1-2H3/t13?,17-,18-/m0/s1. The first-order valence-corrected chi connectivity index (χ1v) is 12.4. The van der Waals surface area contributed by atoms with Crippen molar-refractivity contribution in [2.24, 2.45) is 0 Å². The van der Waals surface area contributed by atoms with Crippen LogP contribution in [0.25, 0.3) is 0 Å². The lowest BCUT2D eigenvalue weighted by Gasteiger charge is -2.24. The molecule has 1 aromatic carbocycles. The summed E-state index contributed by atoms with van der Waals surface area (Å²) in [6.45, 7) is 3.95. The Labute approximate surface area is 151 Å². The second-order valence-electron chi connectivity index (χ2n) is 7.38. The lowest BCUT2D eigenvalue weighted by atomic mass is 9.92. The zero-order valence-electron chi connectivity index (χ0n) is 14.9. The predicted molar refractivity (Wildman–Crippen MR) is 99.4 cm³/mol. The second-order valence-corrected chi connectivity index (χ2v) is 11.7. The van der Waals surface area contributed by atoms with Crippen molar-refractivity contribution < 1.29 is 16.8 Å². The second kappa shape index (κ2) is 7.00. The summed E-state index contributed by atoms with van der Waals surface area (Å²) in [5.41, 5.74) is 2.32. The maximum Gasteiger partial charge on any atom is 0.183 e. The normalized spacial score (nSPS) is 27.0. The van der Waals surface area contributed by atoms with E-state index in [0.717, 1.165) is 37.7 Å². The van der Waals surface area contributed by atoms with Crippen molar-refractivity contribution >= 4 is 19.7 Å². The van der Waals surface area contributed by atoms with Crippen LogP contribution in [0.1, 0.15) is 44.2 Å². The molecule has 1 aromatic rings. The quantitative estimate of drug-likeness (QED) is 0.837. The highest BCUT2D eigenvalue weighted by atomic mass is 32.2. The highest BCUT2D eigenvalue weighted by molar-refractivity contribution is 7.96. The van der Waals surface area contributed by atoms with Gasteiger partial charge in [0.05, 0.1) is 21.7 Å². The molecule has 1 N–H and O–H groups in total. The van der Waals surface area contributed by atoms with E-state index in [1.54, 1.807) is 12.1 Å². The summed E-state index contributed by atoms with van der Waals surface area (Å²) in [5, 5.41) is 2.30. The molecule has 0 radical (unpaired) electrons. The number of sulfone groups is 2. The Morgan fingerprint density at radius 1 is 1.16 bits per heavy atom. The van der Waals surface area contributed by atoms with Gasteiger partial charge in [-0.15, -0.1) is 0 Å². The Morgan fingerprint density at radius 2 is 1.84 bits per heavy atom. The first-order chi connectivity index (χ1) is 11.7. The monoisotopic (exact) mass is 385 g/mol. The van der Waals surface area contributed by atoms with E-state index >= 15 is 0 Å². The molecule has 2 aliphatic rings. The molecule has 1 fully saturated rings. The van der Waals surface area contributed by atoms with Crippen LogP contribution in [-0.2, 0) is 32.5 Å². The van der Waals surface area contributed by atoms with Crippen molar-refractivity contribution in [2.45, 2.75) is 68.2 Å². The van der Waals surface area contributed by atoms with E-state index in [-0.39, 0.29) is 22.4 Å². The highest BCUT2D eigenvalue weighted by Gasteiger charge is 2.46. The summed E-state index contributed by atoms with van der Waals surface area (Å²) >= 11 is 0. The van der Waals surface area contributed by atoms with E-state index in [2.05, 4.69) is 5.32 Å². The van der Waals surface area contributed by atoms with Crippen LogP contribution in [0.5, 0.6) is 0 Å². The number of fused-ring (bicyclic) bond motifs is 1. The molecule has 0 spiro atoms. The van der Waals surface area contributed by atoms with Gasteiger partial charge >= 0.3 is 0 Å². The topological polar surface area (TPSA) is 80.3 Å². The van der Waals surface area contributed by atoms with Crippen LogP contribution in [0.2, 0.25) is 0 Å². The van der Waals surface area contributed by atoms with Crippen molar-refractivity contribution in [3.63, 3.8) is 0 Å². The molecule has 0 amide bonds. The van der Waals surface area contributed by atoms with Crippen LogP contribution in [0.4, 0.5) is 0 Å². The summed E-state index contributed by atoms with van der Waals surface area (Å²) in [5.74, 6) is -0.396. The Morgan fingerprint density at radius 3 is 2.52 bits per heavy atom. The van der Waals surface area contributed by atoms with Crippen LogP contribution in [-0.4, -0.2) is 45.7 Å². The fourth-order valence-electron chi connectivity index (χ4n) is 3.82. The molecule has 1 aliphatic heterocycles. The molecule has 7 heteroatoms. The van der Waals surface area contributed by atoms with Gasteiger partial charge in [-0.1, -0.05) is 13.0 Å². The summed E-state index contributed by atoms with van der Waals surface area (Å²) in [6.07, 6.45) is 4.93. The number of hydrogen-bond donors (Lipinski definition) is 1. The van der Waals surface area contributed by atoms with E-state index in [4.69, 9.17) is 0 Å². The minimum Gasteiger partial charge on any atom is -0.309 e. The largest absolute Gasteiger partial charge is 0.309 e.